The van der Waals surface area contributed by atoms with Crippen molar-refractivity contribution < 1.29 is 4.74 Å². The van der Waals surface area contributed by atoms with Crippen LogP contribution in [0.1, 0.15) is 38.5 Å². The van der Waals surface area contributed by atoms with Gasteiger partial charge in [0.2, 0.25) is 0 Å². The molecule has 2 rings (SSSR count). The molecule has 0 N–H and O–H groups in total. The van der Waals surface area contributed by atoms with E-state index in [-0.39, 0.29) is 0 Å². The average molecular weight is 186 g/mol. The Morgan fingerprint density at radius 3 is 2.42 bits per heavy atom. The molecule has 1 nitrogen and oxygen atoms in total. The van der Waals surface area contributed by atoms with E-state index in [1.165, 1.54) is 38.5 Å². The van der Waals surface area contributed by atoms with Gasteiger partial charge in [0.1, 0.15) is 0 Å². The Morgan fingerprint density at radius 2 is 1.92 bits per heavy atom. The Hall–Kier alpha value is 0.310. The second-order valence-corrected chi connectivity index (χ2v) is 4.69. The molecule has 0 atom stereocenters. The molecule has 0 unspecified atom stereocenters. The minimum absolute atomic E-state index is 0.492. The summed E-state index contributed by atoms with van der Waals surface area (Å²) in [6.07, 6.45) is 8.59. The molecule has 2 aliphatic rings. The van der Waals surface area contributed by atoms with Gasteiger partial charge >= 0.3 is 0 Å². The van der Waals surface area contributed by atoms with Crippen LogP contribution >= 0.6 is 12.6 Å². The zero-order chi connectivity index (χ0) is 8.44. The van der Waals surface area contributed by atoms with Crippen LogP contribution in [0.4, 0.5) is 0 Å². The van der Waals surface area contributed by atoms with Gasteiger partial charge in [-0.15, -0.1) is 0 Å². The Labute approximate surface area is 80.3 Å². The molecule has 0 bridgehead atoms. The van der Waals surface area contributed by atoms with Gasteiger partial charge < -0.3 is 4.74 Å². The summed E-state index contributed by atoms with van der Waals surface area (Å²) >= 11 is 4.36. The van der Waals surface area contributed by atoms with Gasteiger partial charge in [-0.25, -0.2) is 0 Å². The van der Waals surface area contributed by atoms with Gasteiger partial charge in [-0.1, -0.05) is 12.8 Å². The fourth-order valence-electron chi connectivity index (χ4n) is 1.87. The summed E-state index contributed by atoms with van der Waals surface area (Å²) in [5.74, 6) is 1.01. The van der Waals surface area contributed by atoms with Crippen LogP contribution in [0.15, 0.2) is 0 Å². The van der Waals surface area contributed by atoms with Crippen LogP contribution in [0.5, 0.6) is 0 Å². The number of rotatable bonds is 4. The van der Waals surface area contributed by atoms with Crippen LogP contribution in [-0.2, 0) is 4.74 Å². The van der Waals surface area contributed by atoms with Crippen LogP contribution < -0.4 is 0 Å². The largest absolute Gasteiger partial charge is 0.378 e. The molecule has 0 aromatic rings. The normalized spacial score (nSPS) is 27.8. The molecule has 2 saturated carbocycles. The lowest BCUT2D eigenvalue weighted by Gasteiger charge is -2.16. The summed E-state index contributed by atoms with van der Waals surface area (Å²) in [7, 11) is 0. The monoisotopic (exact) mass is 186 g/mol. The maximum absolute atomic E-state index is 5.87. The molecule has 0 aliphatic heterocycles. The Morgan fingerprint density at radius 1 is 1.25 bits per heavy atom. The smallest absolute Gasteiger partial charge is 0.0575 e. The van der Waals surface area contributed by atoms with Gasteiger partial charge in [-0.3, -0.25) is 0 Å². The van der Waals surface area contributed by atoms with E-state index in [0.29, 0.717) is 11.5 Å². The molecular formula is C10H18OS. The zero-order valence-corrected chi connectivity index (χ0v) is 8.48. The molecule has 12 heavy (non-hydrogen) atoms. The number of thiol groups is 1. The Balaban J connectivity index is 1.67. The highest BCUT2D eigenvalue weighted by atomic mass is 32.1. The van der Waals surface area contributed by atoms with Crippen molar-refractivity contribution in [1.82, 2.24) is 0 Å². The fraction of sp³-hybridized carbons (Fsp3) is 1.00. The minimum Gasteiger partial charge on any atom is -0.378 e. The van der Waals surface area contributed by atoms with E-state index in [2.05, 4.69) is 12.6 Å². The molecule has 0 spiro atoms. The first-order valence-electron chi connectivity index (χ1n) is 5.07. The standard InChI is InChI=1S/C10H18OS/c12-8-10(5-6-10)7-11-9-3-1-2-4-9/h9,12H,1-8H2. The summed E-state index contributed by atoms with van der Waals surface area (Å²) in [6.45, 7) is 0.973. The van der Waals surface area contributed by atoms with Crippen molar-refractivity contribution >= 4 is 12.6 Å². The molecule has 0 aromatic heterocycles. The van der Waals surface area contributed by atoms with E-state index in [1.54, 1.807) is 0 Å². The summed E-state index contributed by atoms with van der Waals surface area (Å²) in [5.41, 5.74) is 0.492. The van der Waals surface area contributed by atoms with Gasteiger partial charge in [0.05, 0.1) is 12.7 Å². The second-order valence-electron chi connectivity index (χ2n) is 4.38. The molecule has 0 saturated heterocycles. The summed E-state index contributed by atoms with van der Waals surface area (Å²) in [5, 5.41) is 0. The Bertz CT molecular complexity index is 148. The molecule has 2 aliphatic carbocycles. The van der Waals surface area contributed by atoms with Gasteiger partial charge in [0.15, 0.2) is 0 Å². The van der Waals surface area contributed by atoms with Crippen molar-refractivity contribution in [3.63, 3.8) is 0 Å². The number of ether oxygens (including phenoxy) is 1. The first-order valence-corrected chi connectivity index (χ1v) is 5.70. The summed E-state index contributed by atoms with van der Waals surface area (Å²) in [6, 6.07) is 0. The van der Waals surface area contributed by atoms with Crippen LogP contribution in [-0.4, -0.2) is 18.5 Å². The third kappa shape index (κ3) is 1.97. The quantitative estimate of drug-likeness (QED) is 0.664. The topological polar surface area (TPSA) is 9.23 Å². The molecule has 0 heterocycles. The molecule has 2 heteroatoms. The van der Waals surface area contributed by atoms with Gasteiger partial charge in [-0.05, 0) is 31.4 Å². The highest BCUT2D eigenvalue weighted by Crippen LogP contribution is 2.47. The third-order valence-corrected chi connectivity index (χ3v) is 3.89. The molecule has 0 amide bonds. The first-order chi connectivity index (χ1) is 5.85. The zero-order valence-electron chi connectivity index (χ0n) is 7.59. The predicted molar refractivity (Wildman–Crippen MR) is 53.7 cm³/mol. The van der Waals surface area contributed by atoms with Crippen LogP contribution in [0.2, 0.25) is 0 Å². The Kier molecular flexibility index (Phi) is 2.66. The summed E-state index contributed by atoms with van der Waals surface area (Å²) < 4.78 is 5.87. The lowest BCUT2D eigenvalue weighted by atomic mass is 10.1. The maximum atomic E-state index is 5.87. The molecular weight excluding hydrogens is 168 g/mol. The van der Waals surface area contributed by atoms with E-state index >= 15 is 0 Å². The van der Waals surface area contributed by atoms with Crippen molar-refractivity contribution in [1.29, 1.82) is 0 Å². The second kappa shape index (κ2) is 3.59. The molecule has 0 radical (unpaired) electrons. The van der Waals surface area contributed by atoms with E-state index in [9.17, 15) is 0 Å². The lowest BCUT2D eigenvalue weighted by Crippen LogP contribution is -2.17. The van der Waals surface area contributed by atoms with Gasteiger partial charge in [0, 0.05) is 5.41 Å². The molecule has 70 valence electrons. The lowest BCUT2D eigenvalue weighted by molar-refractivity contribution is 0.0320. The van der Waals surface area contributed by atoms with Crippen LogP contribution in [0.25, 0.3) is 0 Å². The minimum atomic E-state index is 0.492. The summed E-state index contributed by atoms with van der Waals surface area (Å²) in [4.78, 5) is 0. The number of hydrogen-bond donors (Lipinski definition) is 1. The van der Waals surface area contributed by atoms with Crippen molar-refractivity contribution in [3.8, 4) is 0 Å². The van der Waals surface area contributed by atoms with E-state index in [4.69, 9.17) is 4.74 Å². The van der Waals surface area contributed by atoms with Gasteiger partial charge in [-0.2, -0.15) is 12.6 Å². The maximum Gasteiger partial charge on any atom is 0.0575 e. The first kappa shape index (κ1) is 8.89. The van der Waals surface area contributed by atoms with E-state index in [0.717, 1.165) is 12.4 Å². The molecule has 2 fully saturated rings. The number of hydrogen-bond acceptors (Lipinski definition) is 2. The van der Waals surface area contributed by atoms with E-state index in [1.807, 2.05) is 0 Å². The van der Waals surface area contributed by atoms with Crippen molar-refractivity contribution in [2.45, 2.75) is 44.6 Å². The highest BCUT2D eigenvalue weighted by molar-refractivity contribution is 7.80. The van der Waals surface area contributed by atoms with E-state index < -0.39 is 0 Å². The van der Waals surface area contributed by atoms with Crippen molar-refractivity contribution in [2.24, 2.45) is 5.41 Å². The fourth-order valence-corrected chi connectivity index (χ4v) is 2.28. The van der Waals surface area contributed by atoms with Crippen molar-refractivity contribution in [2.75, 3.05) is 12.4 Å². The predicted octanol–water partition coefficient (Wildman–Crippen LogP) is 2.66. The van der Waals surface area contributed by atoms with Gasteiger partial charge in [0.25, 0.3) is 0 Å². The van der Waals surface area contributed by atoms with Crippen LogP contribution in [0, 0.1) is 5.41 Å². The third-order valence-electron chi connectivity index (χ3n) is 3.22. The highest BCUT2D eigenvalue weighted by Gasteiger charge is 2.42. The molecule has 0 aromatic carbocycles. The SMILES string of the molecule is SCC1(COC2CCCC2)CC1. The average Bonchev–Trinajstić information content (AvgIpc) is 2.70. The van der Waals surface area contributed by atoms with Crippen molar-refractivity contribution in [3.05, 3.63) is 0 Å². The van der Waals surface area contributed by atoms with Crippen LogP contribution in [0.3, 0.4) is 0 Å².